The van der Waals surface area contributed by atoms with Gasteiger partial charge < -0.3 is 0 Å². The Balaban J connectivity index is 1.90. The van der Waals surface area contributed by atoms with Gasteiger partial charge in [-0.1, -0.05) is 49.9 Å². The van der Waals surface area contributed by atoms with E-state index < -0.39 is 0 Å². The third-order valence-electron chi connectivity index (χ3n) is 3.53. The first-order valence-electron chi connectivity index (χ1n) is 7.74. The van der Waals surface area contributed by atoms with Crippen molar-refractivity contribution in [2.75, 3.05) is 4.90 Å². The summed E-state index contributed by atoms with van der Waals surface area (Å²) in [5.74, 6) is 0.272. The molecule has 1 aliphatic rings. The molecule has 6 heteroatoms. The summed E-state index contributed by atoms with van der Waals surface area (Å²) in [5.41, 5.74) is 1.53. The van der Waals surface area contributed by atoms with Gasteiger partial charge in [-0.15, -0.1) is 5.10 Å². The van der Waals surface area contributed by atoms with Gasteiger partial charge >= 0.3 is 0 Å². The Kier molecular flexibility index (Phi) is 5.05. The summed E-state index contributed by atoms with van der Waals surface area (Å²) < 4.78 is 0. The van der Waals surface area contributed by atoms with E-state index in [4.69, 9.17) is 0 Å². The SMILES string of the molecule is CC(C)C1S/C(=N\N=C\c2ccccn2)N(c2ccccc2)C1=O. The molecule has 1 saturated heterocycles. The molecule has 0 saturated carbocycles. The van der Waals surface area contributed by atoms with Crippen molar-refractivity contribution in [3.8, 4) is 0 Å². The predicted octanol–water partition coefficient (Wildman–Crippen LogP) is 3.58. The monoisotopic (exact) mass is 338 g/mol. The first-order valence-corrected chi connectivity index (χ1v) is 8.62. The van der Waals surface area contributed by atoms with Crippen LogP contribution in [0.3, 0.4) is 0 Å². The number of benzene rings is 1. The molecule has 1 amide bonds. The number of hydrogen-bond acceptors (Lipinski definition) is 5. The number of para-hydroxylation sites is 1. The van der Waals surface area contributed by atoms with E-state index in [1.165, 1.54) is 11.8 Å². The minimum atomic E-state index is -0.144. The lowest BCUT2D eigenvalue weighted by atomic mass is 10.1. The number of aromatic nitrogens is 1. The number of rotatable bonds is 4. The maximum atomic E-state index is 12.8. The Morgan fingerprint density at radius 2 is 1.92 bits per heavy atom. The van der Waals surface area contributed by atoms with Crippen molar-refractivity contribution in [2.24, 2.45) is 16.1 Å². The first kappa shape index (κ1) is 16.4. The van der Waals surface area contributed by atoms with Crippen molar-refractivity contribution in [3.05, 3.63) is 60.4 Å². The molecule has 1 atom stereocenters. The quantitative estimate of drug-likeness (QED) is 0.632. The number of carbonyl (C=O) groups is 1. The summed E-state index contributed by atoms with van der Waals surface area (Å²) in [4.78, 5) is 18.6. The summed E-state index contributed by atoms with van der Waals surface area (Å²) in [6.45, 7) is 4.08. The van der Waals surface area contributed by atoms with Crippen LogP contribution >= 0.6 is 11.8 Å². The number of anilines is 1. The number of amides is 1. The Morgan fingerprint density at radius 3 is 2.58 bits per heavy atom. The van der Waals surface area contributed by atoms with E-state index >= 15 is 0 Å². The molecule has 0 bridgehead atoms. The molecule has 5 nitrogen and oxygen atoms in total. The fraction of sp³-hybridized carbons (Fsp3) is 0.222. The van der Waals surface area contributed by atoms with Gasteiger partial charge in [0, 0.05) is 6.20 Å². The van der Waals surface area contributed by atoms with Crippen molar-refractivity contribution in [1.29, 1.82) is 0 Å². The molecule has 1 aromatic carbocycles. The zero-order valence-electron chi connectivity index (χ0n) is 13.5. The maximum absolute atomic E-state index is 12.8. The van der Waals surface area contributed by atoms with Crippen molar-refractivity contribution >= 4 is 34.7 Å². The average Bonchev–Trinajstić information content (AvgIpc) is 2.93. The number of carbonyl (C=O) groups excluding carboxylic acids is 1. The van der Waals surface area contributed by atoms with Gasteiger partial charge in [0.25, 0.3) is 0 Å². The van der Waals surface area contributed by atoms with Gasteiger partial charge in [0.05, 0.1) is 22.8 Å². The minimum absolute atomic E-state index is 0.0491. The molecular formula is C18H18N4OS. The predicted molar refractivity (Wildman–Crippen MR) is 99.4 cm³/mol. The standard InChI is InChI=1S/C18H18N4OS/c1-13(2)16-17(23)22(15-9-4-3-5-10-15)18(24-16)21-20-12-14-8-6-7-11-19-14/h3-13,16H,1-2H3/b20-12+,21-18-. The molecule has 3 rings (SSSR count). The van der Waals surface area contributed by atoms with Crippen LogP contribution in [0.2, 0.25) is 0 Å². The fourth-order valence-corrected chi connectivity index (χ4v) is 3.43. The highest BCUT2D eigenvalue weighted by atomic mass is 32.2. The second-order valence-electron chi connectivity index (χ2n) is 5.67. The van der Waals surface area contributed by atoms with Gasteiger partial charge in [-0.3, -0.25) is 14.7 Å². The van der Waals surface area contributed by atoms with Gasteiger partial charge in [0.15, 0.2) is 5.17 Å². The molecule has 2 heterocycles. The molecule has 2 aromatic rings. The van der Waals surface area contributed by atoms with Crippen LogP contribution in [0.5, 0.6) is 0 Å². The van der Waals surface area contributed by atoms with E-state index in [1.54, 1.807) is 17.3 Å². The van der Waals surface area contributed by atoms with E-state index in [1.807, 2.05) is 62.4 Å². The molecule has 1 aliphatic heterocycles. The maximum Gasteiger partial charge on any atom is 0.247 e. The zero-order valence-corrected chi connectivity index (χ0v) is 14.4. The van der Waals surface area contributed by atoms with Gasteiger partial charge in [-0.25, -0.2) is 0 Å². The highest BCUT2D eigenvalue weighted by Crippen LogP contribution is 2.35. The van der Waals surface area contributed by atoms with E-state index in [0.717, 1.165) is 11.4 Å². The lowest BCUT2D eigenvalue weighted by Gasteiger charge is -2.16. The summed E-state index contributed by atoms with van der Waals surface area (Å²) in [7, 11) is 0. The summed E-state index contributed by atoms with van der Waals surface area (Å²) in [6, 6.07) is 15.1. The van der Waals surface area contributed by atoms with E-state index in [-0.39, 0.29) is 17.1 Å². The molecule has 1 unspecified atom stereocenters. The third kappa shape index (κ3) is 3.54. The third-order valence-corrected chi connectivity index (χ3v) is 5.00. The number of amidine groups is 1. The molecule has 24 heavy (non-hydrogen) atoms. The number of thioether (sulfide) groups is 1. The van der Waals surface area contributed by atoms with Crippen molar-refractivity contribution in [1.82, 2.24) is 4.98 Å². The van der Waals surface area contributed by atoms with Crippen LogP contribution in [0.15, 0.2) is 64.9 Å². The number of pyridine rings is 1. The van der Waals surface area contributed by atoms with Crippen LogP contribution in [-0.4, -0.2) is 27.5 Å². The molecule has 122 valence electrons. The number of nitrogens with zero attached hydrogens (tertiary/aromatic N) is 4. The molecule has 0 radical (unpaired) electrons. The average molecular weight is 338 g/mol. The van der Waals surface area contributed by atoms with Crippen LogP contribution < -0.4 is 4.90 Å². The Morgan fingerprint density at radius 1 is 1.17 bits per heavy atom. The number of hydrogen-bond donors (Lipinski definition) is 0. The molecule has 0 N–H and O–H groups in total. The van der Waals surface area contributed by atoms with Gasteiger partial charge in [0.2, 0.25) is 5.91 Å². The van der Waals surface area contributed by atoms with Crippen molar-refractivity contribution in [2.45, 2.75) is 19.1 Å². The smallest absolute Gasteiger partial charge is 0.247 e. The summed E-state index contributed by atoms with van der Waals surface area (Å²) in [6.07, 6.45) is 3.29. The normalized spacial score (nSPS) is 19.8. The van der Waals surface area contributed by atoms with Crippen LogP contribution in [0.1, 0.15) is 19.5 Å². The highest BCUT2D eigenvalue weighted by Gasteiger charge is 2.40. The molecule has 1 fully saturated rings. The Bertz CT molecular complexity index is 759. The largest absolute Gasteiger partial charge is 0.273 e. The van der Waals surface area contributed by atoms with Gasteiger partial charge in [-0.05, 0) is 30.2 Å². The van der Waals surface area contributed by atoms with Crippen LogP contribution in [0.4, 0.5) is 5.69 Å². The Hall–Kier alpha value is -2.47. The molecular weight excluding hydrogens is 320 g/mol. The van der Waals surface area contributed by atoms with Crippen LogP contribution in [-0.2, 0) is 4.79 Å². The van der Waals surface area contributed by atoms with E-state index in [2.05, 4.69) is 15.2 Å². The molecule has 0 aliphatic carbocycles. The summed E-state index contributed by atoms with van der Waals surface area (Å²) in [5, 5.41) is 8.84. The lowest BCUT2D eigenvalue weighted by Crippen LogP contribution is -2.33. The second kappa shape index (κ2) is 7.40. The zero-order chi connectivity index (χ0) is 16.9. The lowest BCUT2D eigenvalue weighted by molar-refractivity contribution is -0.117. The van der Waals surface area contributed by atoms with Crippen molar-refractivity contribution < 1.29 is 4.79 Å². The summed E-state index contributed by atoms with van der Waals surface area (Å²) >= 11 is 1.46. The minimum Gasteiger partial charge on any atom is -0.273 e. The van der Waals surface area contributed by atoms with E-state index in [0.29, 0.717) is 5.17 Å². The Labute approximate surface area is 145 Å². The molecule has 1 aromatic heterocycles. The highest BCUT2D eigenvalue weighted by molar-refractivity contribution is 8.16. The van der Waals surface area contributed by atoms with Crippen molar-refractivity contribution in [3.63, 3.8) is 0 Å². The fourth-order valence-electron chi connectivity index (χ4n) is 2.33. The van der Waals surface area contributed by atoms with Crippen LogP contribution in [0.25, 0.3) is 0 Å². The molecule has 0 spiro atoms. The van der Waals surface area contributed by atoms with E-state index in [9.17, 15) is 4.79 Å². The van der Waals surface area contributed by atoms with Gasteiger partial charge in [-0.2, -0.15) is 5.10 Å². The second-order valence-corrected chi connectivity index (χ2v) is 6.78. The van der Waals surface area contributed by atoms with Gasteiger partial charge in [0.1, 0.15) is 0 Å². The first-order chi connectivity index (χ1) is 11.7. The van der Waals surface area contributed by atoms with Crippen LogP contribution in [0, 0.1) is 5.92 Å². The topological polar surface area (TPSA) is 57.9 Å².